The molecular weight excluding hydrogens is 355 g/mol. The molecule has 0 saturated carbocycles. The Balaban J connectivity index is 1.60. The third-order valence-corrected chi connectivity index (χ3v) is 5.14. The van der Waals surface area contributed by atoms with Gasteiger partial charge in [-0.1, -0.05) is 40.5 Å². The van der Waals surface area contributed by atoms with Crippen molar-refractivity contribution < 1.29 is 9.63 Å². The van der Waals surface area contributed by atoms with Crippen molar-refractivity contribution >= 4 is 46.2 Å². The lowest BCUT2D eigenvalue weighted by Gasteiger charge is -2.19. The van der Waals surface area contributed by atoms with Crippen molar-refractivity contribution in [2.45, 2.75) is 12.5 Å². The van der Waals surface area contributed by atoms with Crippen LogP contribution in [0.4, 0.5) is 0 Å². The van der Waals surface area contributed by atoms with Crippen LogP contribution in [0.3, 0.4) is 0 Å². The summed E-state index contributed by atoms with van der Waals surface area (Å²) in [4.78, 5) is 20.1. The van der Waals surface area contributed by atoms with Crippen molar-refractivity contribution in [3.05, 3.63) is 56.2 Å². The molecule has 0 aliphatic carbocycles. The van der Waals surface area contributed by atoms with Gasteiger partial charge in [-0.3, -0.25) is 4.79 Å². The number of likely N-dealkylation sites (N-methyl/N-ethyl adjacent to an activating group) is 1. The number of benzene rings is 1. The van der Waals surface area contributed by atoms with E-state index in [9.17, 15) is 4.79 Å². The molecule has 7 heteroatoms. The Kier molecular flexibility index (Phi) is 4.90. The second-order valence-corrected chi connectivity index (χ2v) is 7.02. The summed E-state index contributed by atoms with van der Waals surface area (Å²) < 4.78 is 0. The monoisotopic (exact) mass is 368 g/mol. The molecule has 0 radical (unpaired) electrons. The van der Waals surface area contributed by atoms with Crippen molar-refractivity contribution in [3.63, 3.8) is 0 Å². The van der Waals surface area contributed by atoms with Gasteiger partial charge in [0.05, 0.1) is 27.2 Å². The summed E-state index contributed by atoms with van der Waals surface area (Å²) in [6, 6.07) is 9.05. The van der Waals surface area contributed by atoms with E-state index in [0.717, 1.165) is 16.2 Å². The Labute approximate surface area is 148 Å². The van der Waals surface area contributed by atoms with Crippen LogP contribution < -0.4 is 0 Å². The first-order valence-electron chi connectivity index (χ1n) is 7.01. The Bertz CT molecular complexity index is 747. The maximum atomic E-state index is 12.2. The van der Waals surface area contributed by atoms with Crippen LogP contribution in [0.5, 0.6) is 0 Å². The lowest BCUT2D eigenvalue weighted by Crippen LogP contribution is -2.34. The third kappa shape index (κ3) is 3.68. The molecule has 0 saturated heterocycles. The van der Waals surface area contributed by atoms with Gasteiger partial charge >= 0.3 is 0 Å². The zero-order chi connectivity index (χ0) is 16.4. The minimum atomic E-state index is -0.159. The van der Waals surface area contributed by atoms with Crippen LogP contribution >= 0.6 is 34.5 Å². The molecule has 1 aromatic carbocycles. The topological polar surface area (TPSA) is 41.9 Å². The first-order valence-corrected chi connectivity index (χ1v) is 8.65. The molecule has 0 bridgehead atoms. The highest BCUT2D eigenvalue weighted by molar-refractivity contribution is 7.12. The van der Waals surface area contributed by atoms with Gasteiger partial charge in [0.2, 0.25) is 0 Å². The van der Waals surface area contributed by atoms with E-state index in [-0.39, 0.29) is 12.0 Å². The highest BCUT2D eigenvalue weighted by atomic mass is 35.5. The Morgan fingerprint density at radius 1 is 1.39 bits per heavy atom. The second kappa shape index (κ2) is 6.91. The minimum absolute atomic E-state index is 0.00779. The largest absolute Gasteiger partial charge is 0.390 e. The molecule has 120 valence electrons. The van der Waals surface area contributed by atoms with Crippen molar-refractivity contribution in [3.8, 4) is 0 Å². The van der Waals surface area contributed by atoms with Crippen LogP contribution in [0.1, 0.15) is 21.7 Å². The summed E-state index contributed by atoms with van der Waals surface area (Å²) in [5.41, 5.74) is 1.69. The molecule has 23 heavy (non-hydrogen) atoms. The Morgan fingerprint density at radius 3 is 2.91 bits per heavy atom. The van der Waals surface area contributed by atoms with E-state index < -0.39 is 0 Å². The standard InChI is InChI=1S/C16H14Cl2N2O2S/c1-20(16(21)15-3-2-6-23-15)9-11-8-14(19-22-11)10-4-5-12(17)13(18)7-10/h2-7,11H,8-9H2,1H3/t11-/m0/s1. The zero-order valence-corrected chi connectivity index (χ0v) is 14.7. The maximum absolute atomic E-state index is 12.2. The maximum Gasteiger partial charge on any atom is 0.263 e. The average Bonchev–Trinajstić information content (AvgIpc) is 3.20. The number of hydrogen-bond donors (Lipinski definition) is 0. The number of halogens is 2. The molecule has 1 atom stereocenters. The fourth-order valence-corrected chi connectivity index (χ4v) is 3.36. The lowest BCUT2D eigenvalue weighted by molar-refractivity contribution is 0.0485. The number of hydrogen-bond acceptors (Lipinski definition) is 4. The minimum Gasteiger partial charge on any atom is -0.390 e. The quantitative estimate of drug-likeness (QED) is 0.806. The van der Waals surface area contributed by atoms with E-state index in [1.807, 2.05) is 23.6 Å². The average molecular weight is 369 g/mol. The number of thiophene rings is 1. The molecule has 2 heterocycles. The molecule has 4 nitrogen and oxygen atoms in total. The van der Waals surface area contributed by atoms with E-state index in [2.05, 4.69) is 5.16 Å². The van der Waals surface area contributed by atoms with E-state index in [0.29, 0.717) is 23.0 Å². The van der Waals surface area contributed by atoms with Gasteiger partial charge in [-0.15, -0.1) is 11.3 Å². The number of rotatable bonds is 4. The van der Waals surface area contributed by atoms with Crippen molar-refractivity contribution in [1.82, 2.24) is 4.90 Å². The van der Waals surface area contributed by atoms with Gasteiger partial charge < -0.3 is 9.74 Å². The van der Waals surface area contributed by atoms with Crippen molar-refractivity contribution in [1.29, 1.82) is 0 Å². The van der Waals surface area contributed by atoms with Gasteiger partial charge in [-0.2, -0.15) is 0 Å². The number of amides is 1. The predicted molar refractivity (Wildman–Crippen MR) is 93.8 cm³/mol. The zero-order valence-electron chi connectivity index (χ0n) is 12.3. The molecule has 1 amide bonds. The SMILES string of the molecule is CN(C[C@@H]1CC(c2ccc(Cl)c(Cl)c2)=NO1)C(=O)c1cccs1. The van der Waals surface area contributed by atoms with Crippen LogP contribution in [0.2, 0.25) is 10.0 Å². The first-order chi connectivity index (χ1) is 11.0. The number of nitrogens with zero attached hydrogens (tertiary/aromatic N) is 2. The second-order valence-electron chi connectivity index (χ2n) is 5.26. The van der Waals surface area contributed by atoms with Crippen LogP contribution in [-0.4, -0.2) is 36.2 Å². The van der Waals surface area contributed by atoms with E-state index in [1.54, 1.807) is 24.1 Å². The Hall–Kier alpha value is -1.56. The van der Waals surface area contributed by atoms with Gasteiger partial charge in [0, 0.05) is 19.0 Å². The van der Waals surface area contributed by atoms with Crippen LogP contribution in [0, 0.1) is 0 Å². The number of carbonyl (C=O) groups is 1. The van der Waals surface area contributed by atoms with Crippen LogP contribution in [-0.2, 0) is 4.84 Å². The van der Waals surface area contributed by atoms with Gasteiger partial charge in [-0.25, -0.2) is 0 Å². The third-order valence-electron chi connectivity index (χ3n) is 3.54. The summed E-state index contributed by atoms with van der Waals surface area (Å²) in [7, 11) is 1.77. The molecule has 1 aromatic heterocycles. The van der Waals surface area contributed by atoms with Gasteiger partial charge in [-0.05, 0) is 23.6 Å². The van der Waals surface area contributed by atoms with Crippen molar-refractivity contribution in [2.75, 3.05) is 13.6 Å². The number of carbonyl (C=O) groups excluding carboxylic acids is 1. The van der Waals surface area contributed by atoms with Crippen molar-refractivity contribution in [2.24, 2.45) is 5.16 Å². The van der Waals surface area contributed by atoms with Gasteiger partial charge in [0.25, 0.3) is 5.91 Å². The highest BCUT2D eigenvalue weighted by Crippen LogP contribution is 2.25. The molecule has 3 rings (SSSR count). The molecule has 0 spiro atoms. The van der Waals surface area contributed by atoms with Gasteiger partial charge in [0.15, 0.2) is 6.10 Å². The lowest BCUT2D eigenvalue weighted by atomic mass is 10.0. The summed E-state index contributed by atoms with van der Waals surface area (Å²) in [5.74, 6) is -0.00779. The molecule has 0 unspecified atom stereocenters. The van der Waals surface area contributed by atoms with E-state index in [4.69, 9.17) is 28.0 Å². The fraction of sp³-hybridized carbons (Fsp3) is 0.250. The fourth-order valence-electron chi connectivity index (χ4n) is 2.35. The number of oxime groups is 1. The van der Waals surface area contributed by atoms with E-state index >= 15 is 0 Å². The molecule has 0 fully saturated rings. The first kappa shape index (κ1) is 16.3. The summed E-state index contributed by atoms with van der Waals surface area (Å²) in [6.07, 6.45) is 0.466. The molecule has 1 aliphatic heterocycles. The predicted octanol–water partition coefficient (Wildman–Crippen LogP) is 4.32. The molecule has 2 aromatic rings. The summed E-state index contributed by atoms with van der Waals surface area (Å²) >= 11 is 13.4. The molecular formula is C16H14Cl2N2O2S. The Morgan fingerprint density at radius 2 is 2.22 bits per heavy atom. The van der Waals surface area contributed by atoms with E-state index in [1.165, 1.54) is 11.3 Å². The normalized spacial score (nSPS) is 16.8. The summed E-state index contributed by atoms with van der Waals surface area (Å²) in [5, 5.41) is 6.99. The molecule has 1 aliphatic rings. The highest BCUT2D eigenvalue weighted by Gasteiger charge is 2.26. The van der Waals surface area contributed by atoms with Gasteiger partial charge in [0.1, 0.15) is 0 Å². The molecule has 0 N–H and O–H groups in total. The van der Waals surface area contributed by atoms with Crippen LogP contribution in [0.15, 0.2) is 40.9 Å². The summed E-state index contributed by atoms with van der Waals surface area (Å²) in [6.45, 7) is 0.477. The smallest absolute Gasteiger partial charge is 0.263 e. The van der Waals surface area contributed by atoms with Crippen LogP contribution in [0.25, 0.3) is 0 Å².